The third kappa shape index (κ3) is 1.74. The summed E-state index contributed by atoms with van der Waals surface area (Å²) in [6.45, 7) is 8.49. The summed E-state index contributed by atoms with van der Waals surface area (Å²) in [4.78, 5) is 4.43. The van der Waals surface area contributed by atoms with E-state index < -0.39 is 0 Å². The van der Waals surface area contributed by atoms with Gasteiger partial charge < -0.3 is 4.40 Å². The number of halogens is 1. The summed E-state index contributed by atoms with van der Waals surface area (Å²) in [5.41, 5.74) is 2.19. The summed E-state index contributed by atoms with van der Waals surface area (Å²) in [6, 6.07) is 4.06. The molecule has 2 aromatic heterocycles. The second kappa shape index (κ2) is 3.24. The molecule has 0 radical (unpaired) electrons. The van der Waals surface area contributed by atoms with E-state index in [9.17, 15) is 0 Å². The van der Waals surface area contributed by atoms with Gasteiger partial charge in [0.15, 0.2) is 5.15 Å². The highest BCUT2D eigenvalue weighted by Gasteiger charge is 2.21. The maximum atomic E-state index is 6.10. The average Bonchev–Trinajstić information content (AvgIpc) is 2.42. The zero-order valence-electron chi connectivity index (χ0n) is 9.50. The van der Waals surface area contributed by atoms with Crippen LogP contribution in [-0.2, 0) is 5.41 Å². The molecule has 2 nitrogen and oxygen atoms in total. The predicted molar refractivity (Wildman–Crippen MR) is 63.6 cm³/mol. The number of aromatic nitrogens is 2. The Morgan fingerprint density at radius 3 is 2.53 bits per heavy atom. The molecule has 0 aromatic carbocycles. The van der Waals surface area contributed by atoms with Crippen LogP contribution in [-0.4, -0.2) is 9.38 Å². The van der Waals surface area contributed by atoms with Crippen molar-refractivity contribution in [2.24, 2.45) is 0 Å². The minimum absolute atomic E-state index is 0.00382. The third-order valence-electron chi connectivity index (χ3n) is 2.41. The van der Waals surface area contributed by atoms with Crippen LogP contribution in [0.5, 0.6) is 0 Å². The summed E-state index contributed by atoms with van der Waals surface area (Å²) >= 11 is 6.10. The summed E-state index contributed by atoms with van der Waals surface area (Å²) < 4.78 is 2.08. The van der Waals surface area contributed by atoms with E-state index in [1.165, 1.54) is 5.56 Å². The van der Waals surface area contributed by atoms with Crippen molar-refractivity contribution in [2.75, 3.05) is 0 Å². The lowest BCUT2D eigenvalue weighted by molar-refractivity contribution is 0.543. The number of nitrogens with zero attached hydrogens (tertiary/aromatic N) is 2. The molecule has 0 aliphatic heterocycles. The summed E-state index contributed by atoms with van der Waals surface area (Å²) in [7, 11) is 0. The second-order valence-corrected chi connectivity index (χ2v) is 5.30. The van der Waals surface area contributed by atoms with E-state index in [1.807, 2.05) is 6.07 Å². The first-order valence-corrected chi connectivity index (χ1v) is 5.42. The van der Waals surface area contributed by atoms with Gasteiger partial charge in [0.1, 0.15) is 5.82 Å². The van der Waals surface area contributed by atoms with Crippen molar-refractivity contribution in [1.29, 1.82) is 0 Å². The molecule has 0 spiro atoms. The molecular formula is C12H15ClN2. The van der Waals surface area contributed by atoms with Crippen LogP contribution in [0.3, 0.4) is 0 Å². The van der Waals surface area contributed by atoms with Crippen LogP contribution in [0.15, 0.2) is 18.3 Å². The van der Waals surface area contributed by atoms with Crippen molar-refractivity contribution in [2.45, 2.75) is 33.1 Å². The fraction of sp³-hybridized carbons (Fsp3) is 0.417. The monoisotopic (exact) mass is 222 g/mol. The largest absolute Gasteiger partial charge is 0.301 e. The molecule has 0 amide bonds. The topological polar surface area (TPSA) is 17.3 Å². The maximum Gasteiger partial charge on any atom is 0.155 e. The smallest absolute Gasteiger partial charge is 0.155 e. The van der Waals surface area contributed by atoms with Crippen molar-refractivity contribution < 1.29 is 0 Å². The molecule has 2 rings (SSSR count). The zero-order valence-corrected chi connectivity index (χ0v) is 10.3. The first-order chi connectivity index (χ1) is 6.89. The van der Waals surface area contributed by atoms with Crippen LogP contribution in [0.4, 0.5) is 0 Å². The van der Waals surface area contributed by atoms with Gasteiger partial charge >= 0.3 is 0 Å². The van der Waals surface area contributed by atoms with Gasteiger partial charge in [-0.2, -0.15) is 0 Å². The van der Waals surface area contributed by atoms with Crippen LogP contribution >= 0.6 is 11.6 Å². The van der Waals surface area contributed by atoms with Crippen molar-refractivity contribution in [3.8, 4) is 0 Å². The van der Waals surface area contributed by atoms with E-state index >= 15 is 0 Å². The van der Waals surface area contributed by atoms with Gasteiger partial charge in [-0.05, 0) is 18.6 Å². The number of pyridine rings is 1. The molecule has 0 bridgehead atoms. The van der Waals surface area contributed by atoms with Crippen LogP contribution in [0.1, 0.15) is 32.2 Å². The molecule has 0 atom stereocenters. The highest BCUT2D eigenvalue weighted by molar-refractivity contribution is 6.32. The Kier molecular flexibility index (Phi) is 2.27. The van der Waals surface area contributed by atoms with Crippen molar-refractivity contribution in [3.05, 3.63) is 34.9 Å². The van der Waals surface area contributed by atoms with E-state index in [-0.39, 0.29) is 5.41 Å². The molecule has 0 aliphatic rings. The van der Waals surface area contributed by atoms with Crippen LogP contribution in [0, 0.1) is 6.92 Å². The molecule has 0 saturated heterocycles. The van der Waals surface area contributed by atoms with E-state index in [1.54, 1.807) is 0 Å². The first kappa shape index (κ1) is 10.5. The fourth-order valence-electron chi connectivity index (χ4n) is 1.68. The third-order valence-corrected chi connectivity index (χ3v) is 2.69. The predicted octanol–water partition coefficient (Wildman–Crippen LogP) is 3.59. The normalized spacial score (nSPS) is 12.3. The standard InChI is InChI=1S/C12H15ClN2/c1-8-5-6-9-10(13)14-11(12(2,3)4)15(9)7-8/h5-7H,1-4H3. The Morgan fingerprint density at radius 2 is 1.93 bits per heavy atom. The second-order valence-electron chi connectivity index (χ2n) is 4.94. The Bertz CT molecular complexity index is 506. The van der Waals surface area contributed by atoms with Crippen molar-refractivity contribution >= 4 is 17.1 Å². The van der Waals surface area contributed by atoms with Gasteiger partial charge in [0.05, 0.1) is 5.52 Å². The molecule has 0 N–H and O–H groups in total. The van der Waals surface area contributed by atoms with Crippen LogP contribution in [0.2, 0.25) is 5.15 Å². The summed E-state index contributed by atoms with van der Waals surface area (Å²) in [5, 5.41) is 0.583. The lowest BCUT2D eigenvalue weighted by atomic mass is 9.96. The molecule has 15 heavy (non-hydrogen) atoms. The van der Waals surface area contributed by atoms with E-state index in [0.717, 1.165) is 11.3 Å². The van der Waals surface area contributed by atoms with Crippen LogP contribution < -0.4 is 0 Å². The van der Waals surface area contributed by atoms with Crippen molar-refractivity contribution in [1.82, 2.24) is 9.38 Å². The number of aryl methyl sites for hydroxylation is 1. The van der Waals surface area contributed by atoms with Gasteiger partial charge in [0, 0.05) is 11.6 Å². The Hall–Kier alpha value is -1.02. The molecule has 0 aliphatic carbocycles. The molecule has 3 heteroatoms. The minimum Gasteiger partial charge on any atom is -0.301 e. The van der Waals surface area contributed by atoms with Gasteiger partial charge in [0.25, 0.3) is 0 Å². The zero-order chi connectivity index (χ0) is 11.2. The molecular weight excluding hydrogens is 208 g/mol. The van der Waals surface area contributed by atoms with Gasteiger partial charge in [-0.25, -0.2) is 4.98 Å². The van der Waals surface area contributed by atoms with Gasteiger partial charge in [0.2, 0.25) is 0 Å². The highest BCUT2D eigenvalue weighted by Crippen LogP contribution is 2.27. The van der Waals surface area contributed by atoms with E-state index in [2.05, 4.69) is 49.3 Å². The SMILES string of the molecule is Cc1ccc2c(Cl)nc(C(C)(C)C)n2c1. The first-order valence-electron chi connectivity index (χ1n) is 5.04. The number of hydrogen-bond acceptors (Lipinski definition) is 1. The van der Waals surface area contributed by atoms with Gasteiger partial charge in [-0.15, -0.1) is 0 Å². The number of hydrogen-bond donors (Lipinski definition) is 0. The van der Waals surface area contributed by atoms with Crippen LogP contribution in [0.25, 0.3) is 5.52 Å². The molecule has 0 unspecified atom stereocenters. The van der Waals surface area contributed by atoms with Gasteiger partial charge in [-0.3, -0.25) is 0 Å². The fourth-order valence-corrected chi connectivity index (χ4v) is 1.92. The summed E-state index contributed by atoms with van der Waals surface area (Å²) in [5.74, 6) is 1.01. The lowest BCUT2D eigenvalue weighted by Crippen LogP contribution is -2.15. The molecule has 0 fully saturated rings. The van der Waals surface area contributed by atoms with E-state index in [4.69, 9.17) is 11.6 Å². The Balaban J connectivity index is 2.81. The highest BCUT2D eigenvalue weighted by atomic mass is 35.5. The quantitative estimate of drug-likeness (QED) is 0.666. The Labute approximate surface area is 94.9 Å². The Morgan fingerprint density at radius 1 is 1.27 bits per heavy atom. The maximum absolute atomic E-state index is 6.10. The molecule has 2 aromatic rings. The average molecular weight is 223 g/mol. The number of rotatable bonds is 0. The van der Waals surface area contributed by atoms with Crippen molar-refractivity contribution in [3.63, 3.8) is 0 Å². The minimum atomic E-state index is 0.00382. The number of fused-ring (bicyclic) bond motifs is 1. The van der Waals surface area contributed by atoms with E-state index in [0.29, 0.717) is 5.15 Å². The molecule has 80 valence electrons. The lowest BCUT2D eigenvalue weighted by Gasteiger charge is -2.16. The van der Waals surface area contributed by atoms with Gasteiger partial charge in [-0.1, -0.05) is 38.4 Å². The number of imidazole rings is 1. The molecule has 0 saturated carbocycles. The molecule has 2 heterocycles. The summed E-state index contributed by atoms with van der Waals surface area (Å²) in [6.07, 6.45) is 2.08.